The van der Waals surface area contributed by atoms with Gasteiger partial charge in [-0.05, 0) is 5.92 Å². The lowest BCUT2D eigenvalue weighted by atomic mass is 10.1. The topological polar surface area (TPSA) is 84.2 Å². The molecule has 5 nitrogen and oxygen atoms in total. The fraction of sp³-hybridized carbons (Fsp3) is 0.818. The molecule has 0 unspecified atom stereocenters. The minimum Gasteiger partial charge on any atom is -0.356 e. The summed E-state index contributed by atoms with van der Waals surface area (Å²) < 4.78 is 25.4. The van der Waals surface area contributed by atoms with Gasteiger partial charge in [-0.15, -0.1) is 12.4 Å². The van der Waals surface area contributed by atoms with Crippen LogP contribution in [0.5, 0.6) is 0 Å². The van der Waals surface area contributed by atoms with Gasteiger partial charge in [0, 0.05) is 19.4 Å². The van der Waals surface area contributed by atoms with Crippen molar-refractivity contribution in [1.82, 2.24) is 10.6 Å². The summed E-state index contributed by atoms with van der Waals surface area (Å²) in [5.74, 6) is -3.53. The first kappa shape index (κ1) is 20.4. The lowest BCUT2D eigenvalue weighted by Crippen LogP contribution is -2.42. The van der Waals surface area contributed by atoms with Crippen LogP contribution >= 0.6 is 12.4 Å². The molecule has 0 aromatic heterocycles. The number of nitrogens with one attached hydrogen (secondary N) is 2. The van der Waals surface area contributed by atoms with E-state index in [4.69, 9.17) is 5.73 Å². The van der Waals surface area contributed by atoms with E-state index in [0.29, 0.717) is 6.42 Å². The van der Waals surface area contributed by atoms with Crippen molar-refractivity contribution < 1.29 is 18.4 Å². The lowest BCUT2D eigenvalue weighted by Gasteiger charge is -2.14. The Labute approximate surface area is 118 Å². The van der Waals surface area contributed by atoms with Gasteiger partial charge in [-0.1, -0.05) is 13.8 Å². The molecule has 0 saturated heterocycles. The summed E-state index contributed by atoms with van der Waals surface area (Å²) in [6, 6.07) is 0. The Hall–Kier alpha value is -0.950. The van der Waals surface area contributed by atoms with E-state index in [9.17, 15) is 18.4 Å². The summed E-state index contributed by atoms with van der Waals surface area (Å²) in [6.07, 6.45) is 0.358. The van der Waals surface area contributed by atoms with Crippen molar-refractivity contribution in [3.8, 4) is 0 Å². The minimum absolute atomic E-state index is 0. The zero-order valence-corrected chi connectivity index (χ0v) is 12.0. The van der Waals surface area contributed by atoms with E-state index in [-0.39, 0.29) is 37.2 Å². The molecule has 0 bridgehead atoms. The number of rotatable bonds is 8. The van der Waals surface area contributed by atoms with Crippen LogP contribution in [0, 0.1) is 5.92 Å². The van der Waals surface area contributed by atoms with Crippen LogP contribution in [0.15, 0.2) is 0 Å². The summed E-state index contributed by atoms with van der Waals surface area (Å²) in [6.45, 7) is 2.37. The molecule has 8 heteroatoms. The predicted molar refractivity (Wildman–Crippen MR) is 71.3 cm³/mol. The summed E-state index contributed by atoms with van der Waals surface area (Å²) in [5.41, 5.74) is 4.82. The van der Waals surface area contributed by atoms with Gasteiger partial charge in [-0.25, -0.2) is 8.78 Å². The van der Waals surface area contributed by atoms with Gasteiger partial charge in [0.05, 0.1) is 13.1 Å². The number of nitrogens with two attached hydrogens (primary N) is 1. The highest BCUT2D eigenvalue weighted by atomic mass is 35.5. The SMILES string of the molecule is CC(C)CC(=O)NCCC(=O)NCC(F)(F)CN.Cl. The second-order valence-corrected chi connectivity index (χ2v) is 4.53. The fourth-order valence-corrected chi connectivity index (χ4v) is 1.15. The van der Waals surface area contributed by atoms with E-state index >= 15 is 0 Å². The molecule has 0 heterocycles. The molecule has 0 saturated carbocycles. The van der Waals surface area contributed by atoms with Crippen molar-refractivity contribution >= 4 is 24.2 Å². The number of alkyl halides is 2. The molecular weight excluding hydrogens is 280 g/mol. The third-order valence-electron chi connectivity index (χ3n) is 2.11. The van der Waals surface area contributed by atoms with Gasteiger partial charge in [-0.3, -0.25) is 9.59 Å². The number of carbonyl (C=O) groups is 2. The monoisotopic (exact) mass is 301 g/mol. The van der Waals surface area contributed by atoms with E-state index in [1.807, 2.05) is 13.8 Å². The molecule has 0 rings (SSSR count). The molecule has 0 spiro atoms. The van der Waals surface area contributed by atoms with Crippen molar-refractivity contribution in [3.63, 3.8) is 0 Å². The molecule has 114 valence electrons. The summed E-state index contributed by atoms with van der Waals surface area (Å²) in [7, 11) is 0. The first-order chi connectivity index (χ1) is 8.26. The predicted octanol–water partition coefficient (Wildman–Crippen LogP) is 0.671. The van der Waals surface area contributed by atoms with Crippen LogP contribution in [0.2, 0.25) is 0 Å². The number of hydrogen-bond acceptors (Lipinski definition) is 3. The summed E-state index contributed by atoms with van der Waals surface area (Å²) in [4.78, 5) is 22.4. The normalized spacial score (nSPS) is 10.8. The van der Waals surface area contributed by atoms with Gasteiger partial charge in [-0.2, -0.15) is 0 Å². The Balaban J connectivity index is 0. The standard InChI is InChI=1S/C11H21F2N3O2.ClH/c1-8(2)5-10(18)15-4-3-9(17)16-7-11(12,13)6-14;/h8H,3-7,14H2,1-2H3,(H,15,18)(H,16,17);1H. The Bertz CT molecular complexity index is 289. The van der Waals surface area contributed by atoms with Gasteiger partial charge >= 0.3 is 0 Å². The van der Waals surface area contributed by atoms with Crippen molar-refractivity contribution in [1.29, 1.82) is 0 Å². The van der Waals surface area contributed by atoms with Gasteiger partial charge in [0.2, 0.25) is 11.8 Å². The third-order valence-corrected chi connectivity index (χ3v) is 2.11. The van der Waals surface area contributed by atoms with Crippen molar-refractivity contribution in [2.24, 2.45) is 11.7 Å². The lowest BCUT2D eigenvalue weighted by molar-refractivity contribution is -0.123. The molecular formula is C11H22ClF2N3O2. The number of halogens is 3. The van der Waals surface area contributed by atoms with Gasteiger partial charge in [0.15, 0.2) is 0 Å². The fourth-order valence-electron chi connectivity index (χ4n) is 1.15. The van der Waals surface area contributed by atoms with E-state index in [1.165, 1.54) is 0 Å². The average Bonchev–Trinajstić information content (AvgIpc) is 2.25. The number of hydrogen-bond donors (Lipinski definition) is 3. The Morgan fingerprint density at radius 1 is 1.21 bits per heavy atom. The second kappa shape index (κ2) is 9.91. The molecule has 19 heavy (non-hydrogen) atoms. The van der Waals surface area contributed by atoms with E-state index in [1.54, 1.807) is 0 Å². The Kier molecular flexibility index (Phi) is 10.6. The van der Waals surface area contributed by atoms with E-state index in [2.05, 4.69) is 10.6 Å². The van der Waals surface area contributed by atoms with Crippen molar-refractivity contribution in [2.45, 2.75) is 32.6 Å². The smallest absolute Gasteiger partial charge is 0.277 e. The van der Waals surface area contributed by atoms with E-state index < -0.39 is 24.9 Å². The third kappa shape index (κ3) is 11.9. The average molecular weight is 302 g/mol. The molecule has 0 aliphatic rings. The molecule has 0 aromatic carbocycles. The van der Waals surface area contributed by atoms with Crippen LogP contribution in [0.4, 0.5) is 8.78 Å². The zero-order valence-electron chi connectivity index (χ0n) is 11.2. The van der Waals surface area contributed by atoms with Crippen molar-refractivity contribution in [2.75, 3.05) is 19.6 Å². The molecule has 0 atom stereocenters. The number of amides is 2. The molecule has 0 aliphatic carbocycles. The molecule has 0 fully saturated rings. The Morgan fingerprint density at radius 3 is 2.26 bits per heavy atom. The highest BCUT2D eigenvalue weighted by Gasteiger charge is 2.26. The highest BCUT2D eigenvalue weighted by molar-refractivity contribution is 5.85. The van der Waals surface area contributed by atoms with Crippen LogP contribution < -0.4 is 16.4 Å². The highest BCUT2D eigenvalue weighted by Crippen LogP contribution is 2.08. The van der Waals surface area contributed by atoms with Crippen LogP contribution in [-0.4, -0.2) is 37.4 Å². The van der Waals surface area contributed by atoms with Gasteiger partial charge in [0.25, 0.3) is 5.92 Å². The van der Waals surface area contributed by atoms with E-state index in [0.717, 1.165) is 0 Å². The molecule has 0 aromatic rings. The quantitative estimate of drug-likeness (QED) is 0.616. The minimum atomic E-state index is -3.09. The van der Waals surface area contributed by atoms with Crippen LogP contribution in [0.1, 0.15) is 26.7 Å². The first-order valence-corrected chi connectivity index (χ1v) is 5.88. The largest absolute Gasteiger partial charge is 0.356 e. The summed E-state index contributed by atoms with van der Waals surface area (Å²) >= 11 is 0. The molecule has 2 amide bonds. The maximum atomic E-state index is 12.7. The molecule has 4 N–H and O–H groups in total. The Morgan fingerprint density at radius 2 is 1.79 bits per heavy atom. The maximum Gasteiger partial charge on any atom is 0.277 e. The van der Waals surface area contributed by atoms with Crippen LogP contribution in [-0.2, 0) is 9.59 Å². The molecule has 0 radical (unpaired) electrons. The van der Waals surface area contributed by atoms with Gasteiger partial charge < -0.3 is 16.4 Å². The number of carbonyl (C=O) groups excluding carboxylic acids is 2. The maximum absolute atomic E-state index is 12.7. The molecule has 0 aliphatic heterocycles. The van der Waals surface area contributed by atoms with Crippen LogP contribution in [0.3, 0.4) is 0 Å². The first-order valence-electron chi connectivity index (χ1n) is 5.88. The van der Waals surface area contributed by atoms with Crippen molar-refractivity contribution in [3.05, 3.63) is 0 Å². The summed E-state index contributed by atoms with van der Waals surface area (Å²) in [5, 5.41) is 4.61. The second-order valence-electron chi connectivity index (χ2n) is 4.53. The van der Waals surface area contributed by atoms with Gasteiger partial charge in [0.1, 0.15) is 0 Å². The zero-order chi connectivity index (χ0) is 14.2. The van der Waals surface area contributed by atoms with Crippen LogP contribution in [0.25, 0.3) is 0 Å².